The molecule has 7 nitrogen and oxygen atoms in total. The van der Waals surface area contributed by atoms with E-state index in [0.29, 0.717) is 50.5 Å². The molecule has 156 valence electrons. The topological polar surface area (TPSA) is 67.6 Å². The molecule has 1 amide bonds. The molecule has 1 aromatic heterocycles. The number of amides is 1. The highest BCUT2D eigenvalue weighted by atomic mass is 16.2. The molecule has 1 aliphatic heterocycles. The molecular weight excluding hydrogens is 368 g/mol. The molecular formula is C22H30N4O3. The number of nitrogens with zero attached hydrogens (tertiary/aromatic N) is 4. The van der Waals surface area contributed by atoms with Crippen LogP contribution in [0.2, 0.25) is 0 Å². The monoisotopic (exact) mass is 398 g/mol. The van der Waals surface area contributed by atoms with Crippen molar-refractivity contribution in [3.8, 4) is 5.69 Å². The molecule has 3 rings (SSSR count). The second-order valence-electron chi connectivity index (χ2n) is 7.41. The highest BCUT2D eigenvalue weighted by Crippen LogP contribution is 2.19. The molecule has 1 aliphatic rings. The summed E-state index contributed by atoms with van der Waals surface area (Å²) < 4.78 is 2.90. The number of rotatable bonds is 6. The average Bonchev–Trinajstić information content (AvgIpc) is 2.73. The molecule has 0 unspecified atom stereocenters. The first-order chi connectivity index (χ1) is 14.0. The van der Waals surface area contributed by atoms with Crippen LogP contribution in [-0.2, 0) is 11.3 Å². The molecule has 7 heteroatoms. The van der Waals surface area contributed by atoms with E-state index in [1.807, 2.05) is 54.0 Å². The predicted molar refractivity (Wildman–Crippen MR) is 115 cm³/mol. The van der Waals surface area contributed by atoms with Crippen LogP contribution in [0.4, 0.5) is 5.69 Å². The zero-order chi connectivity index (χ0) is 21.0. The number of hydrogen-bond acceptors (Lipinski definition) is 4. The SMILES string of the molecule is CCCCC(=O)N1CCN(c2c(C)n(-c3ccccc3)c(=O)n(CC)c2=O)CC1. The van der Waals surface area contributed by atoms with Gasteiger partial charge in [-0.3, -0.25) is 18.7 Å². The van der Waals surface area contributed by atoms with Crippen molar-refractivity contribution < 1.29 is 4.79 Å². The van der Waals surface area contributed by atoms with Crippen molar-refractivity contribution >= 4 is 11.6 Å². The first kappa shape index (κ1) is 20.9. The summed E-state index contributed by atoms with van der Waals surface area (Å²) in [6, 6.07) is 9.39. The molecule has 0 atom stereocenters. The number of piperazine rings is 1. The van der Waals surface area contributed by atoms with Crippen LogP contribution in [0, 0.1) is 6.92 Å². The first-order valence-corrected chi connectivity index (χ1v) is 10.4. The Balaban J connectivity index is 1.96. The summed E-state index contributed by atoms with van der Waals surface area (Å²) in [6.07, 6.45) is 2.49. The molecule has 2 heterocycles. The summed E-state index contributed by atoms with van der Waals surface area (Å²) in [5, 5.41) is 0. The summed E-state index contributed by atoms with van der Waals surface area (Å²) >= 11 is 0. The Labute approximate surface area is 171 Å². The van der Waals surface area contributed by atoms with E-state index in [9.17, 15) is 14.4 Å². The Morgan fingerprint density at radius 2 is 1.66 bits per heavy atom. The van der Waals surface area contributed by atoms with Gasteiger partial charge in [0.1, 0.15) is 5.69 Å². The van der Waals surface area contributed by atoms with Crippen molar-refractivity contribution in [2.45, 2.75) is 46.6 Å². The van der Waals surface area contributed by atoms with Crippen LogP contribution in [-0.4, -0.2) is 46.1 Å². The van der Waals surface area contributed by atoms with E-state index in [1.165, 1.54) is 4.57 Å². The van der Waals surface area contributed by atoms with Crippen LogP contribution in [0.5, 0.6) is 0 Å². The van der Waals surface area contributed by atoms with E-state index < -0.39 is 0 Å². The minimum atomic E-state index is -0.321. The zero-order valence-corrected chi connectivity index (χ0v) is 17.6. The molecule has 1 saturated heterocycles. The van der Waals surface area contributed by atoms with E-state index in [1.54, 1.807) is 4.57 Å². The van der Waals surface area contributed by atoms with Gasteiger partial charge in [0.05, 0.1) is 11.4 Å². The fourth-order valence-electron chi connectivity index (χ4n) is 3.93. The Bertz CT molecular complexity index is 970. The predicted octanol–water partition coefficient (Wildman–Crippen LogP) is 2.17. The van der Waals surface area contributed by atoms with E-state index in [0.717, 1.165) is 18.5 Å². The molecule has 0 saturated carbocycles. The van der Waals surface area contributed by atoms with Crippen molar-refractivity contribution in [1.82, 2.24) is 14.0 Å². The number of carbonyl (C=O) groups is 1. The molecule has 29 heavy (non-hydrogen) atoms. The van der Waals surface area contributed by atoms with Crippen LogP contribution < -0.4 is 16.1 Å². The third kappa shape index (κ3) is 4.13. The summed E-state index contributed by atoms with van der Waals surface area (Å²) in [5.41, 5.74) is 1.36. The number of aromatic nitrogens is 2. The molecule has 2 aromatic rings. The van der Waals surface area contributed by atoms with Crippen molar-refractivity contribution in [3.05, 3.63) is 56.9 Å². The number of hydrogen-bond donors (Lipinski definition) is 0. The number of unbranched alkanes of at least 4 members (excludes halogenated alkanes) is 1. The van der Waals surface area contributed by atoms with Crippen LogP contribution in [0.3, 0.4) is 0 Å². The fraction of sp³-hybridized carbons (Fsp3) is 0.500. The Kier molecular flexibility index (Phi) is 6.56. The summed E-state index contributed by atoms with van der Waals surface area (Å²) in [7, 11) is 0. The van der Waals surface area contributed by atoms with Gasteiger partial charge in [0.15, 0.2) is 0 Å². The lowest BCUT2D eigenvalue weighted by Gasteiger charge is -2.36. The van der Waals surface area contributed by atoms with Crippen LogP contribution in [0.15, 0.2) is 39.9 Å². The molecule has 1 fully saturated rings. The number of anilines is 1. The maximum Gasteiger partial charge on any atom is 0.335 e. The third-order valence-electron chi connectivity index (χ3n) is 5.57. The third-order valence-corrected chi connectivity index (χ3v) is 5.57. The van der Waals surface area contributed by atoms with E-state index in [4.69, 9.17) is 0 Å². The molecule has 0 N–H and O–H groups in total. The average molecular weight is 399 g/mol. The molecule has 0 radical (unpaired) electrons. The van der Waals surface area contributed by atoms with Crippen LogP contribution >= 0.6 is 0 Å². The van der Waals surface area contributed by atoms with Gasteiger partial charge in [-0.05, 0) is 32.4 Å². The second kappa shape index (κ2) is 9.11. The summed E-state index contributed by atoms with van der Waals surface area (Å²) in [5.74, 6) is 0.184. The van der Waals surface area contributed by atoms with Gasteiger partial charge in [-0.2, -0.15) is 0 Å². The number of benzene rings is 1. The fourth-order valence-corrected chi connectivity index (χ4v) is 3.93. The van der Waals surface area contributed by atoms with Gasteiger partial charge >= 0.3 is 5.69 Å². The van der Waals surface area contributed by atoms with E-state index >= 15 is 0 Å². The Morgan fingerprint density at radius 1 is 1.00 bits per heavy atom. The van der Waals surface area contributed by atoms with Gasteiger partial charge in [0, 0.05) is 39.1 Å². The summed E-state index contributed by atoms with van der Waals surface area (Å²) in [6.45, 7) is 8.39. The maximum atomic E-state index is 13.1. The molecule has 0 spiro atoms. The normalized spacial score (nSPS) is 14.3. The van der Waals surface area contributed by atoms with Gasteiger partial charge in [0.25, 0.3) is 5.56 Å². The van der Waals surface area contributed by atoms with Crippen molar-refractivity contribution in [2.24, 2.45) is 0 Å². The van der Waals surface area contributed by atoms with Gasteiger partial charge in [-0.15, -0.1) is 0 Å². The van der Waals surface area contributed by atoms with Crippen molar-refractivity contribution in [3.63, 3.8) is 0 Å². The van der Waals surface area contributed by atoms with Crippen LogP contribution in [0.25, 0.3) is 5.69 Å². The largest absolute Gasteiger partial charge is 0.362 e. The lowest BCUT2D eigenvalue weighted by molar-refractivity contribution is -0.131. The first-order valence-electron chi connectivity index (χ1n) is 10.4. The Morgan fingerprint density at radius 3 is 2.24 bits per heavy atom. The molecule has 0 aliphatic carbocycles. The standard InChI is InChI=1S/C22H30N4O3/c1-4-6-12-19(27)23-13-15-24(16-14-23)20-17(3)26(18-10-8-7-9-11-18)22(29)25(5-2)21(20)28/h7-11H,4-6,12-16H2,1-3H3. The van der Waals surface area contributed by atoms with Crippen molar-refractivity contribution in [1.29, 1.82) is 0 Å². The van der Waals surface area contributed by atoms with Gasteiger partial charge in [-0.25, -0.2) is 4.79 Å². The number of para-hydroxylation sites is 1. The lowest BCUT2D eigenvalue weighted by atomic mass is 10.2. The van der Waals surface area contributed by atoms with E-state index in [-0.39, 0.29) is 17.2 Å². The van der Waals surface area contributed by atoms with Crippen molar-refractivity contribution in [2.75, 3.05) is 31.1 Å². The highest BCUT2D eigenvalue weighted by molar-refractivity contribution is 5.76. The Hall–Kier alpha value is -2.83. The van der Waals surface area contributed by atoms with E-state index in [2.05, 4.69) is 6.92 Å². The minimum Gasteiger partial charge on any atom is -0.362 e. The number of carbonyl (C=O) groups excluding carboxylic acids is 1. The van der Waals surface area contributed by atoms with Gasteiger partial charge < -0.3 is 9.80 Å². The minimum absolute atomic E-state index is 0.184. The van der Waals surface area contributed by atoms with Gasteiger partial charge in [0.2, 0.25) is 5.91 Å². The second-order valence-corrected chi connectivity index (χ2v) is 7.41. The van der Waals surface area contributed by atoms with Gasteiger partial charge in [-0.1, -0.05) is 31.5 Å². The van der Waals surface area contributed by atoms with Crippen LogP contribution in [0.1, 0.15) is 38.8 Å². The molecule has 0 bridgehead atoms. The lowest BCUT2D eigenvalue weighted by Crippen LogP contribution is -2.52. The highest BCUT2D eigenvalue weighted by Gasteiger charge is 2.26. The maximum absolute atomic E-state index is 13.1. The smallest absolute Gasteiger partial charge is 0.335 e. The summed E-state index contributed by atoms with van der Waals surface area (Å²) in [4.78, 5) is 42.3. The zero-order valence-electron chi connectivity index (χ0n) is 17.6. The molecule has 1 aromatic carbocycles. The quantitative estimate of drug-likeness (QED) is 0.748.